The molecule has 2 rings (SSSR count). The summed E-state index contributed by atoms with van der Waals surface area (Å²) in [4.78, 5) is 12.7. The first-order chi connectivity index (χ1) is 7.61. The summed E-state index contributed by atoms with van der Waals surface area (Å²) in [5.41, 5.74) is 0.106. The van der Waals surface area contributed by atoms with Crippen molar-refractivity contribution < 1.29 is 13.6 Å². The Hall–Kier alpha value is -1.49. The smallest absolute Gasteiger partial charge is 0.241 e. The van der Waals surface area contributed by atoms with Gasteiger partial charge in [0.2, 0.25) is 5.91 Å². The van der Waals surface area contributed by atoms with E-state index in [0.717, 1.165) is 4.90 Å². The van der Waals surface area contributed by atoms with E-state index in [4.69, 9.17) is 0 Å². The molecule has 0 aromatic heterocycles. The van der Waals surface area contributed by atoms with Gasteiger partial charge in [-0.1, -0.05) is 6.07 Å². The Morgan fingerprint density at radius 1 is 1.38 bits per heavy atom. The lowest BCUT2D eigenvalue weighted by Gasteiger charge is -2.28. The van der Waals surface area contributed by atoms with E-state index in [2.05, 4.69) is 5.32 Å². The molecule has 1 aromatic rings. The fraction of sp³-hybridized carbons (Fsp3) is 0.364. The van der Waals surface area contributed by atoms with E-state index >= 15 is 0 Å². The van der Waals surface area contributed by atoms with Crippen molar-refractivity contribution in [1.82, 2.24) is 5.32 Å². The highest BCUT2D eigenvalue weighted by molar-refractivity contribution is 5.95. The number of aryl methyl sites for hydroxylation is 1. The molecule has 1 amide bonds. The van der Waals surface area contributed by atoms with Crippen LogP contribution in [0.1, 0.15) is 5.56 Å². The number of amides is 1. The number of rotatable bonds is 1. The number of anilines is 1. The van der Waals surface area contributed by atoms with Crippen molar-refractivity contribution in [3.05, 3.63) is 29.3 Å². The van der Waals surface area contributed by atoms with Crippen molar-refractivity contribution in [3.8, 4) is 0 Å². The largest absolute Gasteiger partial charge is 0.307 e. The lowest BCUT2D eigenvalue weighted by molar-refractivity contribution is -0.118. The Balaban J connectivity index is 2.46. The number of hydrogen-bond donors (Lipinski definition) is 1. The van der Waals surface area contributed by atoms with Gasteiger partial charge in [0.15, 0.2) is 5.82 Å². The second-order valence-electron chi connectivity index (χ2n) is 3.75. The van der Waals surface area contributed by atoms with E-state index < -0.39 is 11.6 Å². The lowest BCUT2D eigenvalue weighted by atomic mass is 10.1. The first-order valence-corrected chi connectivity index (χ1v) is 5.07. The van der Waals surface area contributed by atoms with Gasteiger partial charge in [-0.15, -0.1) is 0 Å². The van der Waals surface area contributed by atoms with Gasteiger partial charge in [-0.3, -0.25) is 4.79 Å². The van der Waals surface area contributed by atoms with Gasteiger partial charge in [-0.05, 0) is 18.6 Å². The fourth-order valence-corrected chi connectivity index (χ4v) is 1.73. The molecule has 1 fully saturated rings. The Morgan fingerprint density at radius 3 is 2.81 bits per heavy atom. The van der Waals surface area contributed by atoms with Crippen LogP contribution in [0.25, 0.3) is 0 Å². The zero-order valence-electron chi connectivity index (χ0n) is 8.89. The minimum atomic E-state index is -0.696. The highest BCUT2D eigenvalue weighted by Crippen LogP contribution is 2.26. The van der Waals surface area contributed by atoms with Crippen LogP contribution in [-0.2, 0) is 4.79 Å². The molecular formula is C11H12F2N2O. The maximum absolute atomic E-state index is 13.8. The quantitative estimate of drug-likeness (QED) is 0.780. The molecule has 3 nitrogen and oxygen atoms in total. The molecule has 0 radical (unpaired) electrons. The zero-order valence-corrected chi connectivity index (χ0v) is 8.89. The zero-order chi connectivity index (χ0) is 11.7. The Bertz CT molecular complexity index is 434. The van der Waals surface area contributed by atoms with Gasteiger partial charge in [-0.25, -0.2) is 8.78 Å². The van der Waals surface area contributed by atoms with Crippen molar-refractivity contribution in [2.45, 2.75) is 6.92 Å². The molecule has 1 saturated heterocycles. The summed E-state index contributed by atoms with van der Waals surface area (Å²) in [6.45, 7) is 2.49. The van der Waals surface area contributed by atoms with Crippen LogP contribution in [0.3, 0.4) is 0 Å². The first kappa shape index (κ1) is 11.0. The fourth-order valence-electron chi connectivity index (χ4n) is 1.73. The number of nitrogens with zero attached hydrogens (tertiary/aromatic N) is 1. The number of carbonyl (C=O) groups is 1. The number of piperazine rings is 1. The predicted octanol–water partition coefficient (Wildman–Crippen LogP) is 1.21. The Labute approximate surface area is 92.1 Å². The molecule has 1 heterocycles. The van der Waals surface area contributed by atoms with Gasteiger partial charge in [-0.2, -0.15) is 0 Å². The second-order valence-corrected chi connectivity index (χ2v) is 3.75. The molecular weight excluding hydrogens is 214 g/mol. The van der Waals surface area contributed by atoms with Crippen molar-refractivity contribution in [2.24, 2.45) is 0 Å². The molecule has 1 aliphatic rings. The van der Waals surface area contributed by atoms with Gasteiger partial charge < -0.3 is 10.2 Å². The van der Waals surface area contributed by atoms with Gasteiger partial charge in [0.1, 0.15) is 11.5 Å². The highest BCUT2D eigenvalue weighted by atomic mass is 19.1. The second kappa shape index (κ2) is 4.17. The van der Waals surface area contributed by atoms with E-state index in [1.807, 2.05) is 0 Å². The van der Waals surface area contributed by atoms with E-state index in [1.165, 1.54) is 12.1 Å². The third kappa shape index (κ3) is 1.78. The third-order valence-electron chi connectivity index (χ3n) is 2.62. The van der Waals surface area contributed by atoms with E-state index in [0.29, 0.717) is 12.1 Å². The molecule has 0 bridgehead atoms. The minimum absolute atomic E-state index is 0.118. The maximum atomic E-state index is 13.8. The lowest BCUT2D eigenvalue weighted by Crippen LogP contribution is -2.48. The van der Waals surface area contributed by atoms with Crippen molar-refractivity contribution in [2.75, 3.05) is 24.5 Å². The third-order valence-corrected chi connectivity index (χ3v) is 2.62. The van der Waals surface area contributed by atoms with E-state index in [9.17, 15) is 13.6 Å². The van der Waals surface area contributed by atoms with E-state index in [1.54, 1.807) is 6.92 Å². The summed E-state index contributed by atoms with van der Waals surface area (Å²) < 4.78 is 27.3. The Kier molecular flexibility index (Phi) is 2.87. The molecule has 0 atom stereocenters. The van der Waals surface area contributed by atoms with Crippen LogP contribution < -0.4 is 10.2 Å². The standard InChI is InChI=1S/C11H12F2N2O/c1-7-2-3-8(12)11(10(7)13)15-5-4-14-6-9(15)16/h2-3,14H,4-6H2,1H3. The van der Waals surface area contributed by atoms with Crippen molar-refractivity contribution >= 4 is 11.6 Å². The number of halogens is 2. The van der Waals surface area contributed by atoms with Crippen molar-refractivity contribution in [3.63, 3.8) is 0 Å². The normalized spacial score (nSPS) is 16.7. The van der Waals surface area contributed by atoms with Gasteiger partial charge in [0, 0.05) is 13.1 Å². The Morgan fingerprint density at radius 2 is 2.12 bits per heavy atom. The summed E-state index contributed by atoms with van der Waals surface area (Å²) >= 11 is 0. The number of nitrogens with one attached hydrogen (secondary N) is 1. The van der Waals surface area contributed by atoms with Crippen molar-refractivity contribution in [1.29, 1.82) is 0 Å². The number of hydrogen-bond acceptors (Lipinski definition) is 2. The molecule has 0 aliphatic carbocycles. The topological polar surface area (TPSA) is 32.3 Å². The molecule has 1 aromatic carbocycles. The summed E-state index contributed by atoms with van der Waals surface area (Å²) in [6.07, 6.45) is 0. The summed E-state index contributed by atoms with van der Waals surface area (Å²) in [6, 6.07) is 2.55. The van der Waals surface area contributed by atoms with Crippen LogP contribution in [0.2, 0.25) is 0 Å². The van der Waals surface area contributed by atoms with Crippen LogP contribution in [0, 0.1) is 18.6 Å². The van der Waals surface area contributed by atoms with Crippen LogP contribution in [0.15, 0.2) is 12.1 Å². The predicted molar refractivity (Wildman–Crippen MR) is 56.3 cm³/mol. The molecule has 16 heavy (non-hydrogen) atoms. The van der Waals surface area contributed by atoms with Crippen LogP contribution >= 0.6 is 0 Å². The first-order valence-electron chi connectivity index (χ1n) is 5.07. The van der Waals surface area contributed by atoms with Gasteiger partial charge in [0.25, 0.3) is 0 Å². The number of carbonyl (C=O) groups excluding carboxylic acids is 1. The van der Waals surface area contributed by atoms with Crippen LogP contribution in [0.5, 0.6) is 0 Å². The molecule has 86 valence electrons. The van der Waals surface area contributed by atoms with E-state index in [-0.39, 0.29) is 24.7 Å². The molecule has 1 N–H and O–H groups in total. The monoisotopic (exact) mass is 226 g/mol. The summed E-state index contributed by atoms with van der Waals surface area (Å²) in [7, 11) is 0. The highest BCUT2D eigenvalue weighted by Gasteiger charge is 2.25. The molecule has 0 spiro atoms. The SMILES string of the molecule is Cc1ccc(F)c(N2CCNCC2=O)c1F. The average molecular weight is 226 g/mol. The van der Waals surface area contributed by atoms with Crippen LogP contribution in [-0.4, -0.2) is 25.5 Å². The minimum Gasteiger partial charge on any atom is -0.307 e. The molecule has 0 saturated carbocycles. The van der Waals surface area contributed by atoms with Crippen LogP contribution in [0.4, 0.5) is 14.5 Å². The van der Waals surface area contributed by atoms with Gasteiger partial charge >= 0.3 is 0 Å². The average Bonchev–Trinajstić information content (AvgIpc) is 2.27. The molecule has 5 heteroatoms. The van der Waals surface area contributed by atoms with Gasteiger partial charge in [0.05, 0.1) is 6.54 Å². The molecule has 1 aliphatic heterocycles. The summed E-state index contributed by atoms with van der Waals surface area (Å²) in [5.74, 6) is -1.66. The molecule has 0 unspecified atom stereocenters. The number of benzene rings is 1. The maximum Gasteiger partial charge on any atom is 0.241 e. The summed E-state index contributed by atoms with van der Waals surface area (Å²) in [5, 5.41) is 2.85.